The van der Waals surface area contributed by atoms with E-state index < -0.39 is 5.82 Å². The Bertz CT molecular complexity index is 1490. The summed E-state index contributed by atoms with van der Waals surface area (Å²) >= 11 is 6.34. The molecule has 7 nitrogen and oxygen atoms in total. The molecule has 0 aliphatic carbocycles. The molecule has 5 rings (SSSR count). The fourth-order valence-corrected chi connectivity index (χ4v) is 3.96. The van der Waals surface area contributed by atoms with Crippen LogP contribution in [0.5, 0.6) is 0 Å². The summed E-state index contributed by atoms with van der Waals surface area (Å²) in [5, 5.41) is 4.73. The van der Waals surface area contributed by atoms with Crippen molar-refractivity contribution in [2.24, 2.45) is 0 Å². The molecule has 3 aromatic heterocycles. The molecule has 0 amide bonds. The Morgan fingerprint density at radius 3 is 2.81 bits per heavy atom. The van der Waals surface area contributed by atoms with Crippen molar-refractivity contribution in [2.75, 3.05) is 5.32 Å². The maximum Gasteiger partial charge on any atom is 0.264 e. The van der Waals surface area contributed by atoms with E-state index in [4.69, 9.17) is 11.6 Å². The van der Waals surface area contributed by atoms with Crippen molar-refractivity contribution >= 4 is 39.4 Å². The quantitative estimate of drug-likeness (QED) is 0.431. The second-order valence-electron chi connectivity index (χ2n) is 7.08. The number of rotatable bonds is 4. The van der Waals surface area contributed by atoms with Crippen LogP contribution in [0.4, 0.5) is 10.2 Å². The number of aromatic amines is 1. The summed E-state index contributed by atoms with van der Waals surface area (Å²) in [6.45, 7) is 1.89. The largest absolute Gasteiger partial charge is 0.360 e. The average Bonchev–Trinajstić information content (AvgIpc) is 3.23. The lowest BCUT2D eigenvalue weighted by atomic mass is 10.1. The Hall–Kier alpha value is -3.78. The first-order chi connectivity index (χ1) is 15.0. The van der Waals surface area contributed by atoms with Gasteiger partial charge in [0.05, 0.1) is 28.5 Å². The Morgan fingerprint density at radius 2 is 1.97 bits per heavy atom. The van der Waals surface area contributed by atoms with Gasteiger partial charge in [-0.15, -0.1) is 0 Å². The summed E-state index contributed by atoms with van der Waals surface area (Å²) in [6, 6.07) is 12.7. The van der Waals surface area contributed by atoms with Gasteiger partial charge in [-0.3, -0.25) is 9.36 Å². The molecule has 0 fully saturated rings. The number of hydrogen-bond acceptors (Lipinski definition) is 5. The van der Waals surface area contributed by atoms with Crippen LogP contribution in [-0.2, 0) is 0 Å². The molecule has 3 heterocycles. The van der Waals surface area contributed by atoms with Gasteiger partial charge in [-0.1, -0.05) is 29.8 Å². The number of imidazole rings is 1. The number of halogens is 2. The van der Waals surface area contributed by atoms with E-state index in [1.54, 1.807) is 24.3 Å². The van der Waals surface area contributed by atoms with Gasteiger partial charge < -0.3 is 10.3 Å². The van der Waals surface area contributed by atoms with Crippen LogP contribution in [0.15, 0.2) is 66.0 Å². The molecule has 0 bridgehead atoms. The van der Waals surface area contributed by atoms with Gasteiger partial charge in [-0.25, -0.2) is 19.3 Å². The standard InChI is InChI=1S/C22H16ClFN6O/c1-12(29-21-19-20(26-10-25-19)27-11-28-21)17-8-13-4-2-7-16(23)18(13)22(31)30(17)15-6-3-5-14(24)9-15/h2-12H,1H3,(H2,25,26,27,28,29)/t12-/m0/s1. The fraction of sp³-hybridized carbons (Fsp3) is 0.0909. The minimum atomic E-state index is -0.440. The molecule has 0 saturated heterocycles. The van der Waals surface area contributed by atoms with Gasteiger partial charge >= 0.3 is 0 Å². The average molecular weight is 435 g/mol. The van der Waals surface area contributed by atoms with Gasteiger partial charge in [0.2, 0.25) is 0 Å². The van der Waals surface area contributed by atoms with Gasteiger partial charge in [0.25, 0.3) is 5.56 Å². The predicted molar refractivity (Wildman–Crippen MR) is 118 cm³/mol. The lowest BCUT2D eigenvalue weighted by Gasteiger charge is -2.21. The van der Waals surface area contributed by atoms with Crippen molar-refractivity contribution < 1.29 is 4.39 Å². The Morgan fingerprint density at radius 1 is 1.13 bits per heavy atom. The van der Waals surface area contributed by atoms with Gasteiger partial charge in [-0.05, 0) is 42.6 Å². The highest BCUT2D eigenvalue weighted by molar-refractivity contribution is 6.35. The monoisotopic (exact) mass is 434 g/mol. The molecule has 154 valence electrons. The molecular weight excluding hydrogens is 419 g/mol. The normalized spacial score (nSPS) is 12.4. The van der Waals surface area contributed by atoms with Crippen molar-refractivity contribution in [1.29, 1.82) is 0 Å². The van der Waals surface area contributed by atoms with E-state index in [9.17, 15) is 9.18 Å². The lowest BCUT2D eigenvalue weighted by Crippen LogP contribution is -2.26. The zero-order valence-corrected chi connectivity index (χ0v) is 17.1. The van der Waals surface area contributed by atoms with Crippen LogP contribution in [0, 0.1) is 5.82 Å². The molecule has 0 saturated carbocycles. The van der Waals surface area contributed by atoms with Crippen LogP contribution in [-0.4, -0.2) is 24.5 Å². The van der Waals surface area contributed by atoms with Crippen LogP contribution in [0.25, 0.3) is 27.6 Å². The second-order valence-corrected chi connectivity index (χ2v) is 7.49. The van der Waals surface area contributed by atoms with E-state index >= 15 is 0 Å². The number of aromatic nitrogens is 5. The van der Waals surface area contributed by atoms with Crippen LogP contribution in [0.3, 0.4) is 0 Å². The summed E-state index contributed by atoms with van der Waals surface area (Å²) in [4.78, 5) is 29.1. The molecule has 2 N–H and O–H groups in total. The van der Waals surface area contributed by atoms with Crippen LogP contribution >= 0.6 is 11.6 Å². The number of nitrogens with one attached hydrogen (secondary N) is 2. The van der Waals surface area contributed by atoms with E-state index in [1.807, 2.05) is 19.1 Å². The maximum absolute atomic E-state index is 14.0. The van der Waals surface area contributed by atoms with Crippen LogP contribution < -0.4 is 10.9 Å². The maximum atomic E-state index is 14.0. The third-order valence-electron chi connectivity index (χ3n) is 5.11. The third-order valence-corrected chi connectivity index (χ3v) is 5.43. The highest BCUT2D eigenvalue weighted by Crippen LogP contribution is 2.28. The van der Waals surface area contributed by atoms with E-state index in [1.165, 1.54) is 29.4 Å². The zero-order valence-electron chi connectivity index (χ0n) is 16.3. The molecule has 9 heteroatoms. The van der Waals surface area contributed by atoms with Crippen LogP contribution in [0.2, 0.25) is 5.02 Å². The van der Waals surface area contributed by atoms with E-state index in [-0.39, 0.29) is 11.6 Å². The molecular formula is C22H16ClFN6O. The van der Waals surface area contributed by atoms with E-state index in [0.29, 0.717) is 44.2 Å². The first-order valence-electron chi connectivity index (χ1n) is 9.53. The summed E-state index contributed by atoms with van der Waals surface area (Å²) < 4.78 is 15.5. The van der Waals surface area contributed by atoms with E-state index in [2.05, 4.69) is 25.3 Å². The predicted octanol–water partition coefficient (Wildman–Crippen LogP) is 4.62. The van der Waals surface area contributed by atoms with Gasteiger partial charge in [0, 0.05) is 5.69 Å². The molecule has 31 heavy (non-hydrogen) atoms. The molecule has 2 aromatic carbocycles. The lowest BCUT2D eigenvalue weighted by molar-refractivity contribution is 0.625. The summed E-state index contributed by atoms with van der Waals surface area (Å²) in [5.41, 5.74) is 1.88. The Balaban J connectivity index is 1.72. The van der Waals surface area contributed by atoms with Crippen molar-refractivity contribution in [3.63, 3.8) is 0 Å². The zero-order chi connectivity index (χ0) is 21.5. The van der Waals surface area contributed by atoms with Crippen molar-refractivity contribution in [1.82, 2.24) is 24.5 Å². The number of H-pyrrole nitrogens is 1. The van der Waals surface area contributed by atoms with Gasteiger partial charge in [0.1, 0.15) is 17.7 Å². The summed E-state index contributed by atoms with van der Waals surface area (Å²) in [6.07, 6.45) is 2.95. The second kappa shape index (κ2) is 7.48. The van der Waals surface area contributed by atoms with E-state index in [0.717, 1.165) is 0 Å². The highest BCUT2D eigenvalue weighted by Gasteiger charge is 2.19. The third kappa shape index (κ3) is 3.30. The molecule has 1 atom stereocenters. The van der Waals surface area contributed by atoms with Crippen molar-refractivity contribution in [3.05, 3.63) is 88.1 Å². The van der Waals surface area contributed by atoms with Gasteiger partial charge in [0.15, 0.2) is 11.5 Å². The number of benzene rings is 2. The molecule has 0 aliphatic rings. The number of hydrogen-bond donors (Lipinski definition) is 2. The molecule has 0 unspecified atom stereocenters. The SMILES string of the molecule is C[C@H](Nc1ncnc2nc[nH]c12)c1cc2cccc(Cl)c2c(=O)n1-c1cccc(F)c1. The van der Waals surface area contributed by atoms with Crippen LogP contribution in [0.1, 0.15) is 18.7 Å². The Kier molecular flexibility index (Phi) is 4.63. The molecule has 5 aromatic rings. The molecule has 0 aliphatic heterocycles. The topological polar surface area (TPSA) is 88.5 Å². The molecule has 0 spiro atoms. The number of nitrogens with zero attached hydrogens (tertiary/aromatic N) is 4. The first kappa shape index (κ1) is 19.2. The Labute approximate surface area is 180 Å². The molecule has 0 radical (unpaired) electrons. The van der Waals surface area contributed by atoms with Crippen molar-refractivity contribution in [3.8, 4) is 5.69 Å². The number of fused-ring (bicyclic) bond motifs is 2. The summed E-state index contributed by atoms with van der Waals surface area (Å²) in [5.74, 6) is 0.101. The number of pyridine rings is 1. The first-order valence-corrected chi connectivity index (χ1v) is 9.91. The summed E-state index contributed by atoms with van der Waals surface area (Å²) in [7, 11) is 0. The fourth-order valence-electron chi connectivity index (χ4n) is 3.69. The highest BCUT2D eigenvalue weighted by atomic mass is 35.5. The minimum absolute atomic E-state index is 0.327. The smallest absolute Gasteiger partial charge is 0.264 e. The minimum Gasteiger partial charge on any atom is -0.360 e. The number of anilines is 1. The van der Waals surface area contributed by atoms with Gasteiger partial charge in [-0.2, -0.15) is 0 Å². The van der Waals surface area contributed by atoms with Crippen molar-refractivity contribution in [2.45, 2.75) is 13.0 Å².